The maximum absolute atomic E-state index is 12.6. The highest BCUT2D eigenvalue weighted by atomic mass is 32.1. The van der Waals surface area contributed by atoms with Crippen molar-refractivity contribution in [3.8, 4) is 0 Å². The summed E-state index contributed by atoms with van der Waals surface area (Å²) in [6, 6.07) is 0. The third-order valence-electron chi connectivity index (χ3n) is 4.44. The lowest BCUT2D eigenvalue weighted by molar-refractivity contribution is -0.143. The number of piperidine rings is 1. The SMILES string of the molecule is Cc1nc(/C=C/C(=O)N2CCCC(C(=O)N3CCOCC3)C2)cs1. The number of morpholine rings is 1. The van der Waals surface area contributed by atoms with Crippen molar-refractivity contribution < 1.29 is 14.3 Å². The Morgan fingerprint density at radius 2 is 2.08 bits per heavy atom. The fourth-order valence-electron chi connectivity index (χ4n) is 3.14. The van der Waals surface area contributed by atoms with Crippen LogP contribution in [0.15, 0.2) is 11.5 Å². The van der Waals surface area contributed by atoms with E-state index in [0.29, 0.717) is 39.4 Å². The monoisotopic (exact) mass is 349 g/mol. The molecule has 1 aromatic rings. The fourth-order valence-corrected chi connectivity index (χ4v) is 3.72. The van der Waals surface area contributed by atoms with Crippen molar-refractivity contribution in [2.24, 2.45) is 5.92 Å². The average molecular weight is 349 g/mol. The highest BCUT2D eigenvalue weighted by Crippen LogP contribution is 2.20. The van der Waals surface area contributed by atoms with Gasteiger partial charge in [-0.05, 0) is 25.8 Å². The first-order valence-corrected chi connectivity index (χ1v) is 9.27. The van der Waals surface area contributed by atoms with Gasteiger partial charge >= 0.3 is 0 Å². The predicted octanol–water partition coefficient (Wildman–Crippen LogP) is 1.56. The molecule has 2 aliphatic heterocycles. The molecule has 1 unspecified atom stereocenters. The molecule has 130 valence electrons. The smallest absolute Gasteiger partial charge is 0.246 e. The Morgan fingerprint density at radius 1 is 1.29 bits per heavy atom. The fraction of sp³-hybridized carbons (Fsp3) is 0.588. The third-order valence-corrected chi connectivity index (χ3v) is 5.23. The van der Waals surface area contributed by atoms with Gasteiger partial charge in [0.05, 0.1) is 29.8 Å². The molecule has 6 nitrogen and oxygen atoms in total. The Bertz CT molecular complexity index is 622. The third kappa shape index (κ3) is 4.21. The van der Waals surface area contributed by atoms with Crippen molar-refractivity contribution in [1.29, 1.82) is 0 Å². The number of hydrogen-bond donors (Lipinski definition) is 0. The highest BCUT2D eigenvalue weighted by molar-refractivity contribution is 7.09. The second kappa shape index (κ2) is 7.90. The summed E-state index contributed by atoms with van der Waals surface area (Å²) >= 11 is 1.56. The van der Waals surface area contributed by atoms with Crippen molar-refractivity contribution in [1.82, 2.24) is 14.8 Å². The molecule has 0 aromatic carbocycles. The second-order valence-corrected chi connectivity index (χ2v) is 7.25. The van der Waals surface area contributed by atoms with E-state index in [4.69, 9.17) is 4.74 Å². The van der Waals surface area contributed by atoms with Crippen LogP contribution in [0.2, 0.25) is 0 Å². The van der Waals surface area contributed by atoms with Gasteiger partial charge < -0.3 is 14.5 Å². The van der Waals surface area contributed by atoms with Gasteiger partial charge in [-0.2, -0.15) is 0 Å². The molecule has 2 fully saturated rings. The number of carbonyl (C=O) groups is 2. The lowest BCUT2D eigenvalue weighted by atomic mass is 9.96. The van der Waals surface area contributed by atoms with E-state index in [1.165, 1.54) is 0 Å². The molecule has 3 rings (SSSR count). The van der Waals surface area contributed by atoms with Gasteiger partial charge in [0, 0.05) is 37.6 Å². The second-order valence-electron chi connectivity index (χ2n) is 6.19. The van der Waals surface area contributed by atoms with E-state index in [9.17, 15) is 9.59 Å². The van der Waals surface area contributed by atoms with Crippen LogP contribution in [-0.4, -0.2) is 66.0 Å². The highest BCUT2D eigenvalue weighted by Gasteiger charge is 2.31. The molecule has 2 saturated heterocycles. The maximum atomic E-state index is 12.6. The van der Waals surface area contributed by atoms with Crippen molar-refractivity contribution in [2.45, 2.75) is 19.8 Å². The van der Waals surface area contributed by atoms with Gasteiger partial charge in [0.25, 0.3) is 0 Å². The number of thiazole rings is 1. The molecule has 0 spiro atoms. The summed E-state index contributed by atoms with van der Waals surface area (Å²) in [6.07, 6.45) is 5.04. The summed E-state index contributed by atoms with van der Waals surface area (Å²) in [5, 5.41) is 2.91. The van der Waals surface area contributed by atoms with E-state index in [-0.39, 0.29) is 17.7 Å². The molecule has 2 aliphatic rings. The molecule has 7 heteroatoms. The zero-order valence-electron chi connectivity index (χ0n) is 13.9. The van der Waals surface area contributed by atoms with Crippen LogP contribution in [0.1, 0.15) is 23.5 Å². The molecular formula is C17H23N3O3S. The zero-order valence-corrected chi connectivity index (χ0v) is 14.8. The molecule has 1 atom stereocenters. The number of amides is 2. The van der Waals surface area contributed by atoms with Crippen molar-refractivity contribution in [2.75, 3.05) is 39.4 Å². The molecule has 0 bridgehead atoms. The van der Waals surface area contributed by atoms with Gasteiger partial charge in [0.1, 0.15) is 0 Å². The minimum Gasteiger partial charge on any atom is -0.378 e. The van der Waals surface area contributed by atoms with E-state index in [2.05, 4.69) is 4.98 Å². The van der Waals surface area contributed by atoms with Crippen molar-refractivity contribution in [3.63, 3.8) is 0 Å². The Kier molecular flexibility index (Phi) is 5.63. The van der Waals surface area contributed by atoms with Crippen LogP contribution in [0, 0.1) is 12.8 Å². The number of nitrogens with zero attached hydrogens (tertiary/aromatic N) is 3. The van der Waals surface area contributed by atoms with Gasteiger partial charge in [0.2, 0.25) is 11.8 Å². The van der Waals surface area contributed by atoms with Gasteiger partial charge in [-0.1, -0.05) is 0 Å². The minimum atomic E-state index is -0.0873. The van der Waals surface area contributed by atoms with Crippen LogP contribution in [0.25, 0.3) is 6.08 Å². The summed E-state index contributed by atoms with van der Waals surface area (Å²) in [5.41, 5.74) is 0.809. The van der Waals surface area contributed by atoms with E-state index in [1.54, 1.807) is 28.4 Å². The summed E-state index contributed by atoms with van der Waals surface area (Å²) in [4.78, 5) is 33.0. The van der Waals surface area contributed by atoms with Crippen molar-refractivity contribution >= 4 is 29.2 Å². The summed E-state index contributed by atoms with van der Waals surface area (Å²) in [7, 11) is 0. The molecule has 3 heterocycles. The number of ether oxygens (including phenoxy) is 1. The Balaban J connectivity index is 1.57. The maximum Gasteiger partial charge on any atom is 0.246 e. The van der Waals surface area contributed by atoms with Gasteiger partial charge in [0.15, 0.2) is 0 Å². The Labute approximate surface area is 146 Å². The number of aryl methyl sites for hydroxylation is 1. The predicted molar refractivity (Wildman–Crippen MR) is 92.6 cm³/mol. The number of likely N-dealkylation sites (tertiary alicyclic amines) is 1. The standard InChI is InChI=1S/C17H23N3O3S/c1-13-18-15(12-24-13)4-5-16(21)20-6-2-3-14(11-20)17(22)19-7-9-23-10-8-19/h4-5,12,14H,2-3,6-11H2,1H3/b5-4+. The molecule has 2 amide bonds. The van der Waals surface area contributed by atoms with Crippen LogP contribution < -0.4 is 0 Å². The number of rotatable bonds is 3. The van der Waals surface area contributed by atoms with Crippen LogP contribution >= 0.6 is 11.3 Å². The van der Waals surface area contributed by atoms with Crippen LogP contribution in [0.3, 0.4) is 0 Å². The van der Waals surface area contributed by atoms with Crippen molar-refractivity contribution in [3.05, 3.63) is 22.2 Å². The minimum absolute atomic E-state index is 0.0415. The lowest BCUT2D eigenvalue weighted by Gasteiger charge is -2.35. The quantitative estimate of drug-likeness (QED) is 0.777. The van der Waals surface area contributed by atoms with E-state index < -0.39 is 0 Å². The zero-order chi connectivity index (χ0) is 16.9. The molecular weight excluding hydrogens is 326 g/mol. The molecule has 24 heavy (non-hydrogen) atoms. The summed E-state index contributed by atoms with van der Waals surface area (Å²) in [6.45, 7) is 5.70. The van der Waals surface area contributed by atoms with E-state index >= 15 is 0 Å². The number of carbonyl (C=O) groups excluding carboxylic acids is 2. The number of hydrogen-bond acceptors (Lipinski definition) is 5. The summed E-state index contributed by atoms with van der Waals surface area (Å²) < 4.78 is 5.30. The first-order valence-electron chi connectivity index (χ1n) is 8.39. The molecule has 0 radical (unpaired) electrons. The van der Waals surface area contributed by atoms with Gasteiger partial charge in [-0.25, -0.2) is 4.98 Å². The normalized spacial score (nSPS) is 22.1. The van der Waals surface area contributed by atoms with Gasteiger partial charge in [-0.15, -0.1) is 11.3 Å². The molecule has 0 aliphatic carbocycles. The summed E-state index contributed by atoms with van der Waals surface area (Å²) in [5.74, 6) is 0.0331. The molecule has 0 N–H and O–H groups in total. The van der Waals surface area contributed by atoms with Crippen LogP contribution in [-0.2, 0) is 14.3 Å². The Morgan fingerprint density at radius 3 is 2.79 bits per heavy atom. The largest absolute Gasteiger partial charge is 0.378 e. The first-order chi connectivity index (χ1) is 11.6. The first kappa shape index (κ1) is 17.1. The number of aromatic nitrogens is 1. The van der Waals surface area contributed by atoms with E-state index in [0.717, 1.165) is 23.5 Å². The van der Waals surface area contributed by atoms with Crippen LogP contribution in [0.5, 0.6) is 0 Å². The van der Waals surface area contributed by atoms with Gasteiger partial charge in [-0.3, -0.25) is 9.59 Å². The van der Waals surface area contributed by atoms with Crippen LogP contribution in [0.4, 0.5) is 0 Å². The van der Waals surface area contributed by atoms with E-state index in [1.807, 2.05) is 17.2 Å². The topological polar surface area (TPSA) is 62.7 Å². The Hall–Kier alpha value is -1.73. The molecule has 0 saturated carbocycles. The average Bonchev–Trinajstić information content (AvgIpc) is 3.05. The molecule has 1 aromatic heterocycles. The lowest BCUT2D eigenvalue weighted by Crippen LogP contribution is -2.49.